The van der Waals surface area contributed by atoms with E-state index in [9.17, 15) is 0 Å². The zero-order chi connectivity index (χ0) is 12.4. The van der Waals surface area contributed by atoms with Crippen LogP contribution in [0.3, 0.4) is 0 Å². The van der Waals surface area contributed by atoms with Crippen molar-refractivity contribution >= 4 is 10.9 Å². The Morgan fingerprint density at radius 1 is 1.00 bits per heavy atom. The molecule has 1 aromatic heterocycles. The zero-order valence-corrected chi connectivity index (χ0v) is 12.5. The van der Waals surface area contributed by atoms with Crippen LogP contribution in [0.4, 0.5) is 0 Å². The number of nitrogens with zero attached hydrogens (tertiary/aromatic N) is 1. The summed E-state index contributed by atoms with van der Waals surface area (Å²) in [4.78, 5) is 4.63. The molecule has 0 saturated carbocycles. The third kappa shape index (κ3) is 2.75. The molecule has 0 aliphatic carbocycles. The predicted molar refractivity (Wildman–Crippen MR) is 73.9 cm³/mol. The molecule has 98 valence electrons. The Kier molecular flexibility index (Phi) is 4.47. The van der Waals surface area contributed by atoms with Crippen LogP contribution < -0.4 is 5.73 Å². The Labute approximate surface area is 126 Å². The first-order valence-electron chi connectivity index (χ1n) is 5.94. The summed E-state index contributed by atoms with van der Waals surface area (Å²) < 4.78 is 0. The van der Waals surface area contributed by atoms with Crippen molar-refractivity contribution in [2.75, 3.05) is 0 Å². The largest absolute Gasteiger partial charge is 0.325 e. The molecular weight excluding hydrogens is 415 g/mol. The maximum atomic E-state index is 5.66. The van der Waals surface area contributed by atoms with Crippen molar-refractivity contribution in [2.24, 2.45) is 5.73 Å². The molecule has 0 unspecified atom stereocenters. The number of pyridine rings is 1. The van der Waals surface area contributed by atoms with Gasteiger partial charge in [-0.2, -0.15) is 0 Å². The molecule has 2 N–H and O–H groups in total. The van der Waals surface area contributed by atoms with E-state index in [0.29, 0.717) is 6.54 Å². The van der Waals surface area contributed by atoms with E-state index in [1.54, 1.807) is 0 Å². The molecule has 3 rings (SSSR count). The van der Waals surface area contributed by atoms with E-state index in [2.05, 4.69) is 29.2 Å². The summed E-state index contributed by atoms with van der Waals surface area (Å²) in [6.45, 7) is 0.461. The molecule has 3 aromatic rings. The van der Waals surface area contributed by atoms with E-state index in [0.717, 1.165) is 27.7 Å². The van der Waals surface area contributed by atoms with Gasteiger partial charge in [0.15, 0.2) is 0 Å². The van der Waals surface area contributed by atoms with Crippen molar-refractivity contribution in [3.8, 4) is 11.1 Å². The number of fused-ring (bicyclic) bond motifs is 1. The van der Waals surface area contributed by atoms with Crippen molar-refractivity contribution < 1.29 is 21.1 Å². The van der Waals surface area contributed by atoms with Gasteiger partial charge < -0.3 is 5.73 Å². The minimum atomic E-state index is 0. The van der Waals surface area contributed by atoms with Crippen LogP contribution in [-0.4, -0.2) is 4.98 Å². The zero-order valence-electron chi connectivity index (χ0n) is 10.2. The second-order valence-electron chi connectivity index (χ2n) is 4.16. The SMILES string of the molecule is NCc1ccc2cccc(-c3[c-]cccc3)c2n1.[Pt]. The van der Waals surface area contributed by atoms with Gasteiger partial charge in [0, 0.05) is 33.1 Å². The molecule has 2 aromatic carbocycles. The fourth-order valence-corrected chi connectivity index (χ4v) is 2.08. The van der Waals surface area contributed by atoms with Crippen LogP contribution in [0.2, 0.25) is 0 Å². The van der Waals surface area contributed by atoms with Gasteiger partial charge in [-0.3, -0.25) is 4.98 Å². The van der Waals surface area contributed by atoms with E-state index in [1.165, 1.54) is 0 Å². The van der Waals surface area contributed by atoms with Gasteiger partial charge in [-0.25, -0.2) is 0 Å². The number of para-hydroxylation sites is 1. The summed E-state index contributed by atoms with van der Waals surface area (Å²) in [7, 11) is 0. The summed E-state index contributed by atoms with van der Waals surface area (Å²) in [5, 5.41) is 1.13. The molecule has 0 radical (unpaired) electrons. The van der Waals surface area contributed by atoms with Crippen molar-refractivity contribution in [3.63, 3.8) is 0 Å². The molecular formula is C16H13N2Pt-. The Bertz CT molecular complexity index is 681. The number of hydrogen-bond acceptors (Lipinski definition) is 2. The van der Waals surface area contributed by atoms with Crippen LogP contribution in [0.15, 0.2) is 54.6 Å². The summed E-state index contributed by atoms with van der Waals surface area (Å²) in [5.74, 6) is 0. The third-order valence-corrected chi connectivity index (χ3v) is 2.99. The molecule has 0 amide bonds. The van der Waals surface area contributed by atoms with Gasteiger partial charge >= 0.3 is 0 Å². The number of benzene rings is 2. The molecule has 3 heteroatoms. The third-order valence-electron chi connectivity index (χ3n) is 2.99. The molecule has 0 aliphatic heterocycles. The second kappa shape index (κ2) is 6.10. The number of rotatable bonds is 2. The van der Waals surface area contributed by atoms with Crippen molar-refractivity contribution in [3.05, 3.63) is 66.4 Å². The first-order valence-corrected chi connectivity index (χ1v) is 5.94. The second-order valence-corrected chi connectivity index (χ2v) is 4.16. The Balaban J connectivity index is 0.00000133. The Morgan fingerprint density at radius 2 is 1.89 bits per heavy atom. The first kappa shape index (κ1) is 13.9. The van der Waals surface area contributed by atoms with Gasteiger partial charge in [-0.05, 0) is 11.5 Å². The fraction of sp³-hybridized carbons (Fsp3) is 0.0625. The van der Waals surface area contributed by atoms with E-state index in [4.69, 9.17) is 5.73 Å². The Hall–Kier alpha value is -1.50. The van der Waals surface area contributed by atoms with Crippen molar-refractivity contribution in [2.45, 2.75) is 6.54 Å². The van der Waals surface area contributed by atoms with Crippen LogP contribution in [0.25, 0.3) is 22.0 Å². The minimum absolute atomic E-state index is 0. The average molecular weight is 428 g/mol. The average Bonchev–Trinajstić information content (AvgIpc) is 2.47. The van der Waals surface area contributed by atoms with Gasteiger partial charge in [0.25, 0.3) is 0 Å². The van der Waals surface area contributed by atoms with Crippen molar-refractivity contribution in [1.82, 2.24) is 4.98 Å². The van der Waals surface area contributed by atoms with E-state index < -0.39 is 0 Å². The fourth-order valence-electron chi connectivity index (χ4n) is 2.08. The summed E-state index contributed by atoms with van der Waals surface area (Å²) in [6, 6.07) is 21.4. The normalized spacial score (nSPS) is 10.2. The van der Waals surface area contributed by atoms with Gasteiger partial charge in [0.2, 0.25) is 0 Å². The summed E-state index contributed by atoms with van der Waals surface area (Å²) >= 11 is 0. The molecule has 19 heavy (non-hydrogen) atoms. The van der Waals surface area contributed by atoms with E-state index in [1.807, 2.05) is 36.4 Å². The first-order chi connectivity index (χ1) is 8.88. The summed E-state index contributed by atoms with van der Waals surface area (Å²) in [5.41, 5.74) is 9.72. The summed E-state index contributed by atoms with van der Waals surface area (Å²) in [6.07, 6.45) is 0. The standard InChI is InChI=1S/C16H13N2.Pt/c17-11-14-10-9-13-7-4-8-15(16(13)18-14)12-5-2-1-3-6-12;/h1-5,7-10H,11,17H2;/q-1;. The van der Waals surface area contributed by atoms with Crippen LogP contribution in [0.5, 0.6) is 0 Å². The van der Waals surface area contributed by atoms with Crippen LogP contribution in [0, 0.1) is 6.07 Å². The molecule has 2 nitrogen and oxygen atoms in total. The monoisotopic (exact) mass is 428 g/mol. The maximum Gasteiger partial charge on any atom is 0.0537 e. The quantitative estimate of drug-likeness (QED) is 0.637. The maximum absolute atomic E-state index is 5.66. The van der Waals surface area contributed by atoms with Crippen LogP contribution >= 0.6 is 0 Å². The van der Waals surface area contributed by atoms with Gasteiger partial charge in [0.05, 0.1) is 5.69 Å². The van der Waals surface area contributed by atoms with Gasteiger partial charge in [0.1, 0.15) is 0 Å². The topological polar surface area (TPSA) is 38.9 Å². The van der Waals surface area contributed by atoms with Crippen LogP contribution in [0.1, 0.15) is 5.69 Å². The molecule has 0 fully saturated rings. The Morgan fingerprint density at radius 3 is 2.63 bits per heavy atom. The van der Waals surface area contributed by atoms with Crippen LogP contribution in [-0.2, 0) is 27.6 Å². The number of hydrogen-bond donors (Lipinski definition) is 1. The molecule has 0 atom stereocenters. The molecule has 0 bridgehead atoms. The predicted octanol–water partition coefficient (Wildman–Crippen LogP) is 3.16. The number of aromatic nitrogens is 1. The van der Waals surface area contributed by atoms with E-state index in [-0.39, 0.29) is 21.1 Å². The van der Waals surface area contributed by atoms with Gasteiger partial charge in [-0.1, -0.05) is 29.8 Å². The van der Waals surface area contributed by atoms with Crippen molar-refractivity contribution in [1.29, 1.82) is 0 Å². The minimum Gasteiger partial charge on any atom is -0.325 e. The van der Waals surface area contributed by atoms with E-state index >= 15 is 0 Å². The smallest absolute Gasteiger partial charge is 0.0537 e. The molecule has 0 aliphatic rings. The molecule has 1 heterocycles. The molecule has 0 spiro atoms. The molecule has 0 saturated heterocycles. The number of nitrogens with two attached hydrogens (primary N) is 1. The van der Waals surface area contributed by atoms with Gasteiger partial charge in [-0.15, -0.1) is 35.9 Å².